The van der Waals surface area contributed by atoms with Crippen molar-refractivity contribution in [3.05, 3.63) is 175 Å². The Labute approximate surface area is 652 Å². The van der Waals surface area contributed by atoms with E-state index in [2.05, 4.69) is 173 Å². The fourth-order valence-electron chi connectivity index (χ4n) is 11.0. The summed E-state index contributed by atoms with van der Waals surface area (Å²) in [6, 6.07) is 29.6. The number of aromatic nitrogens is 7. The number of nitrogens with zero attached hydrogens (tertiary/aromatic N) is 14. The molecular weight excluding hydrogens is 1410 g/mol. The standard InChI is InChI=1S/C22H30N6O.C21H27N5O.C20H26N6O.C18H24N6O4/c1-8-18-26-19(16(12-23)20(27-18)28(7)13-22(3,4)5)25-17-11-15(21(29)24-6)10-9-14(17)2;1-14-7-8-15(20(27)23-5)11-17(14)25-19-16(12-22)18(9-10-24-19)26(6)13-21(2,3)4;1-13-7-8-14(18(27)22-5)9-16(13)24-17-15(10-21)11-23-19(25-17)26(6)12-20(2,3)4;1-11-6-7-12(17(25)23-28-5)8-13(11)22-16-14(24(26)27)15(20-10-21-16)19-9-18(2,3)4/h9-11H,8,13H2,1-7H3,(H,24,29)(H,25,26,27);7-11H,13H2,1-6H3,(H,23,27)(H,24,25);7-9,11H,12H2,1-6H3,(H,22,27)(H,23,24,25);6-8,10H,9H2,1-5H3,(H,23,25)(H2,19,20,21,22). The molecule has 30 heteroatoms. The molecule has 4 amide bonds. The number of amides is 4. The molecule has 0 spiro atoms. The van der Waals surface area contributed by atoms with Gasteiger partial charge in [0, 0.05) is 126 Å². The van der Waals surface area contributed by atoms with Crippen LogP contribution in [0.4, 0.5) is 75.0 Å². The number of pyridine rings is 1. The van der Waals surface area contributed by atoms with Crippen LogP contribution in [0, 0.1) is 93.5 Å². The van der Waals surface area contributed by atoms with Crippen molar-refractivity contribution in [3.8, 4) is 18.2 Å². The topological polar surface area (TPSA) is 400 Å². The second kappa shape index (κ2) is 39.5. The third-order valence-corrected chi connectivity index (χ3v) is 16.2. The predicted molar refractivity (Wildman–Crippen MR) is 439 cm³/mol. The van der Waals surface area contributed by atoms with Gasteiger partial charge in [-0.1, -0.05) is 114 Å². The Morgan fingerprint density at radius 3 is 1.34 bits per heavy atom. The minimum absolute atomic E-state index is 0.0313. The molecule has 0 aliphatic carbocycles. The van der Waals surface area contributed by atoms with E-state index in [-0.39, 0.29) is 56.7 Å². The van der Waals surface area contributed by atoms with E-state index in [4.69, 9.17) is 0 Å². The van der Waals surface area contributed by atoms with Crippen LogP contribution >= 0.6 is 0 Å². The molecule has 0 saturated heterocycles. The van der Waals surface area contributed by atoms with Crippen molar-refractivity contribution in [1.82, 2.24) is 56.3 Å². The summed E-state index contributed by atoms with van der Waals surface area (Å²) >= 11 is 0. The minimum Gasteiger partial charge on any atom is -0.373 e. The molecule has 0 unspecified atom stereocenters. The van der Waals surface area contributed by atoms with Crippen LogP contribution in [0.5, 0.6) is 0 Å². The van der Waals surface area contributed by atoms with Crippen molar-refractivity contribution in [2.75, 3.05) is 117 Å². The van der Waals surface area contributed by atoms with Crippen molar-refractivity contribution in [1.29, 1.82) is 15.8 Å². The van der Waals surface area contributed by atoms with Crippen LogP contribution in [-0.2, 0) is 11.3 Å². The Bertz CT molecular complexity index is 4700. The quantitative estimate of drug-likeness (QED) is 0.0212. The molecule has 0 aliphatic rings. The van der Waals surface area contributed by atoms with Crippen LogP contribution in [0.15, 0.2) is 97.6 Å². The number of nitro groups is 1. The van der Waals surface area contributed by atoms with Gasteiger partial charge in [0.05, 0.1) is 23.9 Å². The molecule has 4 heterocycles. The first-order valence-electron chi connectivity index (χ1n) is 35.9. The molecular formula is C81H107N23O7. The average molecular weight is 1510 g/mol. The van der Waals surface area contributed by atoms with Gasteiger partial charge in [-0.25, -0.2) is 35.4 Å². The van der Waals surface area contributed by atoms with Crippen LogP contribution < -0.4 is 62.7 Å². The lowest BCUT2D eigenvalue weighted by Crippen LogP contribution is -2.31. The van der Waals surface area contributed by atoms with Crippen molar-refractivity contribution in [3.63, 3.8) is 0 Å². The normalized spacial score (nSPS) is 10.9. The van der Waals surface area contributed by atoms with Crippen LogP contribution in [0.25, 0.3) is 0 Å². The molecule has 30 nitrogen and oxygen atoms in total. The zero-order valence-corrected chi connectivity index (χ0v) is 68.4. The molecule has 588 valence electrons. The Hall–Kier alpha value is -12.6. The van der Waals surface area contributed by atoms with Crippen molar-refractivity contribution in [2.45, 2.75) is 124 Å². The highest BCUT2D eigenvalue weighted by molar-refractivity contribution is 5.97. The first-order valence-corrected chi connectivity index (χ1v) is 35.9. The fourth-order valence-corrected chi connectivity index (χ4v) is 11.0. The number of hydroxylamine groups is 1. The second-order valence-electron chi connectivity index (χ2n) is 31.2. The fraction of sp³-hybridized carbons (Fsp3) is 0.407. The van der Waals surface area contributed by atoms with Gasteiger partial charge in [-0.2, -0.15) is 20.8 Å². The smallest absolute Gasteiger partial charge is 0.353 e. The number of nitrogens with one attached hydrogen (secondary N) is 9. The lowest BCUT2D eigenvalue weighted by Gasteiger charge is -2.29. The molecule has 111 heavy (non-hydrogen) atoms. The van der Waals surface area contributed by atoms with Crippen LogP contribution in [0.3, 0.4) is 0 Å². The van der Waals surface area contributed by atoms with Gasteiger partial charge in [0.2, 0.25) is 17.6 Å². The summed E-state index contributed by atoms with van der Waals surface area (Å²) in [4.78, 5) is 100.0. The second-order valence-corrected chi connectivity index (χ2v) is 31.2. The van der Waals surface area contributed by atoms with E-state index in [1.807, 2.05) is 111 Å². The highest BCUT2D eigenvalue weighted by atomic mass is 16.6. The molecule has 0 fully saturated rings. The molecule has 0 aliphatic heterocycles. The number of hydrogen-bond donors (Lipinski definition) is 9. The van der Waals surface area contributed by atoms with Gasteiger partial charge in [-0.3, -0.25) is 34.1 Å². The summed E-state index contributed by atoms with van der Waals surface area (Å²) < 4.78 is 0. The maximum absolute atomic E-state index is 12.0. The van der Waals surface area contributed by atoms with Crippen molar-refractivity contribution < 1.29 is 28.9 Å². The maximum Gasteiger partial charge on any atom is 0.353 e. The number of anilines is 12. The Morgan fingerprint density at radius 1 is 0.505 bits per heavy atom. The lowest BCUT2D eigenvalue weighted by atomic mass is 9.96. The van der Waals surface area contributed by atoms with E-state index in [0.29, 0.717) is 92.6 Å². The third kappa shape index (κ3) is 26.6. The van der Waals surface area contributed by atoms with Gasteiger partial charge < -0.3 is 57.2 Å². The minimum atomic E-state index is -0.538. The molecule has 0 bridgehead atoms. The van der Waals surface area contributed by atoms with E-state index in [1.54, 1.807) is 81.9 Å². The molecule has 0 radical (unpaired) electrons. The van der Waals surface area contributed by atoms with Gasteiger partial charge in [0.15, 0.2) is 17.5 Å². The van der Waals surface area contributed by atoms with Gasteiger partial charge >= 0.3 is 5.69 Å². The summed E-state index contributed by atoms with van der Waals surface area (Å²) in [5.74, 6) is 2.36. The molecule has 0 saturated carbocycles. The summed E-state index contributed by atoms with van der Waals surface area (Å²) in [5, 5.41) is 64.2. The number of carbonyl (C=O) groups excluding carboxylic acids is 4. The van der Waals surface area contributed by atoms with Gasteiger partial charge in [-0.15, -0.1) is 0 Å². The van der Waals surface area contributed by atoms with Gasteiger partial charge in [0.1, 0.15) is 52.9 Å². The highest BCUT2D eigenvalue weighted by Gasteiger charge is 2.28. The molecule has 0 atom stereocenters. The number of carbonyl (C=O) groups is 4. The van der Waals surface area contributed by atoms with Gasteiger partial charge in [0.25, 0.3) is 23.6 Å². The maximum atomic E-state index is 12.0. The van der Waals surface area contributed by atoms with E-state index >= 15 is 0 Å². The zero-order chi connectivity index (χ0) is 83.0. The average Bonchev–Trinajstić information content (AvgIpc) is 0.813. The largest absolute Gasteiger partial charge is 0.373 e. The molecule has 9 N–H and O–H groups in total. The number of benzene rings is 4. The summed E-state index contributed by atoms with van der Waals surface area (Å²) in [6.07, 6.45) is 5.10. The monoisotopic (exact) mass is 1510 g/mol. The lowest BCUT2D eigenvalue weighted by molar-refractivity contribution is -0.383. The first-order chi connectivity index (χ1) is 52.0. The van der Waals surface area contributed by atoms with Crippen LogP contribution in [0.2, 0.25) is 0 Å². The summed E-state index contributed by atoms with van der Waals surface area (Å²) in [6.45, 7) is 37.7. The highest BCUT2D eigenvalue weighted by Crippen LogP contribution is 2.36. The van der Waals surface area contributed by atoms with E-state index in [1.165, 1.54) is 19.6 Å². The first kappa shape index (κ1) is 89.0. The van der Waals surface area contributed by atoms with E-state index < -0.39 is 10.8 Å². The Kier molecular flexibility index (Phi) is 31.7. The van der Waals surface area contributed by atoms with Crippen molar-refractivity contribution in [2.24, 2.45) is 21.7 Å². The number of hydrogen-bond acceptors (Lipinski definition) is 25. The Balaban J connectivity index is 0.000000265. The molecule has 4 aromatic carbocycles. The zero-order valence-electron chi connectivity index (χ0n) is 68.4. The summed E-state index contributed by atoms with van der Waals surface area (Å²) in [5.41, 5.74) is 12.4. The number of nitriles is 3. The summed E-state index contributed by atoms with van der Waals surface area (Å²) in [7, 11) is 12.0. The number of aryl methyl sites for hydroxylation is 5. The molecule has 8 aromatic rings. The van der Waals surface area contributed by atoms with E-state index in [0.717, 1.165) is 64.6 Å². The Morgan fingerprint density at radius 2 is 0.928 bits per heavy atom. The SMILES string of the molecule is CCc1nc(Nc2cc(C(=O)NC)ccc2C)c(C#N)c(N(C)CC(C)(C)C)n1.CNC(=O)c1ccc(C)c(Nc2nc(N(C)CC(C)(C)C)ncc2C#N)c1.CNC(=O)c1ccc(C)c(Nc2nccc(N(C)CC(C)(C)C)c2C#N)c1.CONC(=O)c1ccc(C)c(Nc2ncnc(NCC(C)(C)C)c2[N+](=O)[O-])c1. The number of rotatable bonds is 23. The molecule has 4 aromatic heterocycles. The predicted octanol–water partition coefficient (Wildman–Crippen LogP) is 14.1. The van der Waals surface area contributed by atoms with Gasteiger partial charge in [-0.05, 0) is 126 Å². The third-order valence-electron chi connectivity index (χ3n) is 16.2. The van der Waals surface area contributed by atoms with Crippen LogP contribution in [0.1, 0.15) is 176 Å². The van der Waals surface area contributed by atoms with Crippen LogP contribution in [-0.4, -0.2) is 139 Å². The molecule has 8 rings (SSSR count). The van der Waals surface area contributed by atoms with Crippen molar-refractivity contribution >= 4 is 98.6 Å². The van der Waals surface area contributed by atoms with E-state index in [9.17, 15) is 45.1 Å².